The van der Waals surface area contributed by atoms with Crippen LogP contribution in [-0.2, 0) is 29.1 Å². The Morgan fingerprint density at radius 1 is 1.13 bits per heavy atom. The Labute approximate surface area is 176 Å². The smallest absolute Gasteiger partial charge is 0.328 e. The van der Waals surface area contributed by atoms with E-state index in [1.807, 2.05) is 6.92 Å². The van der Waals surface area contributed by atoms with Crippen LogP contribution in [-0.4, -0.2) is 40.2 Å². The van der Waals surface area contributed by atoms with Gasteiger partial charge in [0.1, 0.15) is 0 Å². The van der Waals surface area contributed by atoms with Crippen LogP contribution >= 0.6 is 0 Å². The maximum atomic E-state index is 13.3. The molecule has 2 aromatic heterocycles. The molecule has 0 spiro atoms. The number of halogens is 3. The molecule has 0 N–H and O–H groups in total. The molecule has 11 heteroatoms. The number of nitrogens with zero attached hydrogens (tertiary/aromatic N) is 4. The van der Waals surface area contributed by atoms with Crippen molar-refractivity contribution in [2.45, 2.75) is 31.1 Å². The number of hydrogen-bond acceptors (Lipinski definition) is 5. The number of carbonyl (C=O) groups is 1. The number of alkyl halides is 3. The van der Waals surface area contributed by atoms with Crippen LogP contribution < -0.4 is 0 Å². The lowest BCUT2D eigenvalue weighted by Crippen LogP contribution is -2.27. The van der Waals surface area contributed by atoms with Crippen LogP contribution in [0.25, 0.3) is 5.69 Å². The predicted molar refractivity (Wildman–Crippen MR) is 104 cm³/mol. The van der Waals surface area contributed by atoms with Crippen LogP contribution in [0.3, 0.4) is 0 Å². The molecule has 3 heterocycles. The summed E-state index contributed by atoms with van der Waals surface area (Å²) < 4.78 is 64.5. The summed E-state index contributed by atoms with van der Waals surface area (Å²) in [5.74, 6) is -0.528. The summed E-state index contributed by atoms with van der Waals surface area (Å²) >= 11 is 0. The summed E-state index contributed by atoms with van der Waals surface area (Å²) in [6, 6.07) is 5.12. The highest BCUT2D eigenvalue weighted by Crippen LogP contribution is 2.33. The van der Waals surface area contributed by atoms with E-state index in [9.17, 15) is 26.4 Å². The van der Waals surface area contributed by atoms with Gasteiger partial charge in [-0.3, -0.25) is 9.78 Å². The second-order valence-corrected chi connectivity index (χ2v) is 9.42. The lowest BCUT2D eigenvalue weighted by Gasteiger charge is -2.18. The first-order chi connectivity index (χ1) is 14.4. The van der Waals surface area contributed by atoms with Crippen molar-refractivity contribution in [2.24, 2.45) is 0 Å². The topological polar surface area (TPSA) is 85.2 Å². The van der Waals surface area contributed by atoms with Gasteiger partial charge in [-0.15, -0.1) is 0 Å². The number of pyridine rings is 1. The fourth-order valence-electron chi connectivity index (χ4n) is 3.39. The molecule has 0 radical (unpaired) electrons. The minimum Gasteiger partial charge on any atom is -0.328 e. The Bertz CT molecular complexity index is 1300. The zero-order valence-corrected chi connectivity index (χ0v) is 17.3. The summed E-state index contributed by atoms with van der Waals surface area (Å²) in [6.45, 7) is 1.77. The lowest BCUT2D eigenvalue weighted by atomic mass is 10.1. The molecular weight excluding hydrogens is 433 g/mol. The van der Waals surface area contributed by atoms with Crippen molar-refractivity contribution in [3.05, 3.63) is 70.8 Å². The minimum absolute atomic E-state index is 0.0208. The number of hydrogen-bond donors (Lipinski definition) is 0. The van der Waals surface area contributed by atoms with Crippen LogP contribution in [0.1, 0.15) is 32.7 Å². The predicted octanol–water partition coefficient (Wildman–Crippen LogP) is 3.15. The molecule has 0 bridgehead atoms. The zero-order valence-electron chi connectivity index (χ0n) is 16.5. The van der Waals surface area contributed by atoms with Gasteiger partial charge in [0.05, 0.1) is 40.1 Å². The molecule has 0 atom stereocenters. The maximum absolute atomic E-state index is 13.3. The second kappa shape index (κ2) is 7.19. The first-order valence-corrected chi connectivity index (χ1v) is 11.0. The van der Waals surface area contributed by atoms with E-state index in [1.54, 1.807) is 12.4 Å². The van der Waals surface area contributed by atoms with Gasteiger partial charge in [-0.1, -0.05) is 0 Å². The van der Waals surface area contributed by atoms with Gasteiger partial charge in [0.2, 0.25) is 0 Å². The van der Waals surface area contributed by atoms with Crippen LogP contribution in [0.15, 0.2) is 47.8 Å². The molecule has 0 fully saturated rings. The summed E-state index contributed by atoms with van der Waals surface area (Å²) in [4.78, 5) is 18.5. The largest absolute Gasteiger partial charge is 0.417 e. The van der Waals surface area contributed by atoms with E-state index in [0.717, 1.165) is 24.1 Å². The fourth-order valence-corrected chi connectivity index (χ4v) is 4.04. The number of fused-ring (bicyclic) bond motifs is 1. The van der Waals surface area contributed by atoms with E-state index >= 15 is 0 Å². The average Bonchev–Trinajstić information content (AvgIpc) is 3.31. The SMILES string of the molecule is Cc1cnn(-c2ccc(S(C)(=O)=O)cc2C(=O)N2Cc3cc(C(F)(F)F)cnc3C2)c1. The maximum Gasteiger partial charge on any atom is 0.417 e. The third-order valence-electron chi connectivity index (χ3n) is 4.96. The molecule has 4 rings (SSSR count). The number of sulfone groups is 1. The third-order valence-corrected chi connectivity index (χ3v) is 6.07. The monoisotopic (exact) mass is 450 g/mol. The quantitative estimate of drug-likeness (QED) is 0.612. The Morgan fingerprint density at radius 3 is 2.48 bits per heavy atom. The first-order valence-electron chi connectivity index (χ1n) is 9.13. The zero-order chi connectivity index (χ0) is 22.6. The van der Waals surface area contributed by atoms with E-state index in [-0.39, 0.29) is 23.5 Å². The molecule has 1 aliphatic heterocycles. The Balaban J connectivity index is 1.73. The highest BCUT2D eigenvalue weighted by molar-refractivity contribution is 7.90. The molecule has 1 aromatic carbocycles. The molecule has 0 saturated heterocycles. The Morgan fingerprint density at radius 2 is 1.87 bits per heavy atom. The molecule has 1 aliphatic rings. The minimum atomic E-state index is -4.53. The van der Waals surface area contributed by atoms with Crippen molar-refractivity contribution in [1.29, 1.82) is 0 Å². The van der Waals surface area contributed by atoms with Gasteiger partial charge < -0.3 is 4.90 Å². The van der Waals surface area contributed by atoms with E-state index < -0.39 is 27.5 Å². The van der Waals surface area contributed by atoms with E-state index in [2.05, 4.69) is 10.1 Å². The first kappa shape index (κ1) is 21.0. The molecule has 7 nitrogen and oxygen atoms in total. The Kier molecular flexibility index (Phi) is 4.88. The number of rotatable bonds is 3. The Hall–Kier alpha value is -3.21. The molecule has 0 aliphatic carbocycles. The van der Waals surface area contributed by atoms with Crippen LogP contribution in [0.2, 0.25) is 0 Å². The van der Waals surface area contributed by atoms with Gasteiger partial charge in [-0.05, 0) is 42.3 Å². The van der Waals surface area contributed by atoms with Gasteiger partial charge >= 0.3 is 6.18 Å². The van der Waals surface area contributed by atoms with Crippen LogP contribution in [0, 0.1) is 6.92 Å². The van der Waals surface area contributed by atoms with Crippen molar-refractivity contribution in [3.8, 4) is 5.69 Å². The fraction of sp³-hybridized carbons (Fsp3) is 0.250. The molecule has 31 heavy (non-hydrogen) atoms. The summed E-state index contributed by atoms with van der Waals surface area (Å²) in [6.07, 6.45) is 0.515. The number of benzene rings is 1. The van der Waals surface area contributed by atoms with Crippen molar-refractivity contribution >= 4 is 15.7 Å². The standard InChI is InChI=1S/C20H17F3N4O3S/c1-12-7-25-27(9-12)18-4-3-15(31(2,29)30)6-16(18)19(28)26-10-13-5-14(20(21,22)23)8-24-17(13)11-26/h3-9H,10-11H2,1-2H3. The lowest BCUT2D eigenvalue weighted by molar-refractivity contribution is -0.137. The van der Waals surface area contributed by atoms with Gasteiger partial charge in [-0.2, -0.15) is 18.3 Å². The second-order valence-electron chi connectivity index (χ2n) is 7.40. The van der Waals surface area contributed by atoms with Gasteiger partial charge in [0, 0.05) is 25.2 Å². The van der Waals surface area contributed by atoms with Crippen molar-refractivity contribution in [1.82, 2.24) is 19.7 Å². The normalized spacial score (nSPS) is 14.0. The molecular formula is C20H17F3N4O3S. The van der Waals surface area contributed by atoms with Crippen molar-refractivity contribution in [3.63, 3.8) is 0 Å². The highest BCUT2D eigenvalue weighted by atomic mass is 32.2. The number of carbonyl (C=O) groups excluding carboxylic acids is 1. The highest BCUT2D eigenvalue weighted by Gasteiger charge is 2.34. The number of amides is 1. The summed E-state index contributed by atoms with van der Waals surface area (Å²) in [5, 5.41) is 4.18. The molecule has 0 saturated carbocycles. The number of aromatic nitrogens is 3. The van der Waals surface area contributed by atoms with Gasteiger partial charge in [0.25, 0.3) is 5.91 Å². The summed E-state index contributed by atoms with van der Waals surface area (Å²) in [7, 11) is -3.59. The van der Waals surface area contributed by atoms with Gasteiger partial charge in [-0.25, -0.2) is 13.1 Å². The molecule has 162 valence electrons. The van der Waals surface area contributed by atoms with Crippen molar-refractivity contribution < 1.29 is 26.4 Å². The van der Waals surface area contributed by atoms with Crippen molar-refractivity contribution in [2.75, 3.05) is 6.26 Å². The van der Waals surface area contributed by atoms with Crippen LogP contribution in [0.5, 0.6) is 0 Å². The van der Waals surface area contributed by atoms with E-state index in [1.165, 1.54) is 27.8 Å². The van der Waals surface area contributed by atoms with Gasteiger partial charge in [0.15, 0.2) is 9.84 Å². The third kappa shape index (κ3) is 4.05. The van der Waals surface area contributed by atoms with E-state index in [4.69, 9.17) is 0 Å². The summed E-state index contributed by atoms with van der Waals surface area (Å²) in [5.41, 5.74) is 1.08. The molecule has 0 unspecified atom stereocenters. The van der Waals surface area contributed by atoms with Crippen LogP contribution in [0.4, 0.5) is 13.2 Å². The number of aryl methyl sites for hydroxylation is 1. The molecule has 3 aromatic rings. The molecule has 1 amide bonds. The van der Waals surface area contributed by atoms with E-state index in [0.29, 0.717) is 16.9 Å². The average molecular weight is 450 g/mol.